The molecular weight excluding hydrogens is 326 g/mol. The third-order valence-corrected chi connectivity index (χ3v) is 3.96. The second-order valence-corrected chi connectivity index (χ2v) is 6.71. The van der Waals surface area contributed by atoms with Crippen molar-refractivity contribution in [3.05, 3.63) is 54.1 Å². The highest BCUT2D eigenvalue weighted by molar-refractivity contribution is 6.06. The van der Waals surface area contributed by atoms with Crippen LogP contribution in [0.4, 0.5) is 5.69 Å². The van der Waals surface area contributed by atoms with Crippen LogP contribution >= 0.6 is 0 Å². The van der Waals surface area contributed by atoms with E-state index in [1.165, 1.54) is 0 Å². The van der Waals surface area contributed by atoms with Crippen LogP contribution in [0.25, 0.3) is 0 Å². The van der Waals surface area contributed by atoms with Crippen LogP contribution in [-0.2, 0) is 0 Å². The second-order valence-electron chi connectivity index (χ2n) is 6.71. The van der Waals surface area contributed by atoms with Gasteiger partial charge in [0, 0.05) is 5.69 Å². The topological polar surface area (TPSA) is 47.6 Å². The molecule has 2 aromatic rings. The SMILES string of the molecule is CCCCOc1ccc(NC(=O)c2ccccc2OCCC(C)C)cc1. The van der Waals surface area contributed by atoms with Crippen LogP contribution in [0.3, 0.4) is 0 Å². The zero-order chi connectivity index (χ0) is 18.8. The fourth-order valence-electron chi connectivity index (χ4n) is 2.35. The Bertz CT molecular complexity index is 680. The molecule has 1 N–H and O–H groups in total. The fraction of sp³-hybridized carbons (Fsp3) is 0.409. The second kappa shape index (κ2) is 10.5. The smallest absolute Gasteiger partial charge is 0.259 e. The van der Waals surface area contributed by atoms with Crippen LogP contribution < -0.4 is 14.8 Å². The van der Waals surface area contributed by atoms with Crippen LogP contribution in [0.15, 0.2) is 48.5 Å². The lowest BCUT2D eigenvalue weighted by Crippen LogP contribution is -2.14. The van der Waals surface area contributed by atoms with Crippen molar-refractivity contribution >= 4 is 11.6 Å². The Morgan fingerprint density at radius 3 is 2.42 bits per heavy atom. The molecule has 4 nitrogen and oxygen atoms in total. The molecule has 26 heavy (non-hydrogen) atoms. The average molecular weight is 355 g/mol. The van der Waals surface area contributed by atoms with Gasteiger partial charge in [-0.1, -0.05) is 39.3 Å². The fourth-order valence-corrected chi connectivity index (χ4v) is 2.35. The van der Waals surface area contributed by atoms with E-state index in [-0.39, 0.29) is 5.91 Å². The number of carbonyl (C=O) groups excluding carboxylic acids is 1. The summed E-state index contributed by atoms with van der Waals surface area (Å²) in [6.45, 7) is 7.75. The molecule has 0 aliphatic rings. The largest absolute Gasteiger partial charge is 0.494 e. The Hall–Kier alpha value is -2.49. The van der Waals surface area contributed by atoms with Crippen molar-refractivity contribution in [2.45, 2.75) is 40.0 Å². The normalized spacial score (nSPS) is 10.6. The Labute approximate surface area is 156 Å². The number of hydrogen-bond acceptors (Lipinski definition) is 3. The van der Waals surface area contributed by atoms with E-state index in [0.717, 1.165) is 30.7 Å². The Morgan fingerprint density at radius 2 is 1.73 bits per heavy atom. The van der Waals surface area contributed by atoms with Gasteiger partial charge in [0.05, 0.1) is 18.8 Å². The Balaban J connectivity index is 1.96. The molecule has 0 unspecified atom stereocenters. The summed E-state index contributed by atoms with van der Waals surface area (Å²) in [6.07, 6.45) is 3.09. The molecular formula is C22H29NO3. The summed E-state index contributed by atoms with van der Waals surface area (Å²) in [5.41, 5.74) is 1.27. The molecule has 0 bridgehead atoms. The van der Waals surface area contributed by atoms with Crippen LogP contribution in [0.2, 0.25) is 0 Å². The summed E-state index contributed by atoms with van der Waals surface area (Å²) in [7, 11) is 0. The lowest BCUT2D eigenvalue weighted by Gasteiger charge is -2.13. The van der Waals surface area contributed by atoms with E-state index < -0.39 is 0 Å². The monoisotopic (exact) mass is 355 g/mol. The van der Waals surface area contributed by atoms with Gasteiger partial charge in [-0.05, 0) is 55.2 Å². The molecule has 0 saturated carbocycles. The zero-order valence-electron chi connectivity index (χ0n) is 16.0. The first-order chi connectivity index (χ1) is 12.6. The van der Waals surface area contributed by atoms with Crippen LogP contribution in [0.5, 0.6) is 11.5 Å². The van der Waals surface area contributed by atoms with Gasteiger partial charge in [0.15, 0.2) is 0 Å². The summed E-state index contributed by atoms with van der Waals surface area (Å²) < 4.78 is 11.4. The van der Waals surface area contributed by atoms with Crippen molar-refractivity contribution in [3.63, 3.8) is 0 Å². The molecule has 140 valence electrons. The van der Waals surface area contributed by atoms with Crippen molar-refractivity contribution in [1.29, 1.82) is 0 Å². The number of carbonyl (C=O) groups is 1. The van der Waals surface area contributed by atoms with Gasteiger partial charge in [-0.2, -0.15) is 0 Å². The van der Waals surface area contributed by atoms with E-state index in [1.807, 2.05) is 42.5 Å². The van der Waals surface area contributed by atoms with E-state index in [4.69, 9.17) is 9.47 Å². The summed E-state index contributed by atoms with van der Waals surface area (Å²) in [4.78, 5) is 12.6. The van der Waals surface area contributed by atoms with Crippen LogP contribution in [0.1, 0.15) is 50.4 Å². The van der Waals surface area contributed by atoms with Crippen LogP contribution in [-0.4, -0.2) is 19.1 Å². The number of para-hydroxylation sites is 1. The highest BCUT2D eigenvalue weighted by Gasteiger charge is 2.12. The van der Waals surface area contributed by atoms with Crippen molar-refractivity contribution in [1.82, 2.24) is 0 Å². The van der Waals surface area contributed by atoms with E-state index in [0.29, 0.717) is 30.4 Å². The van der Waals surface area contributed by atoms with Gasteiger partial charge in [-0.15, -0.1) is 0 Å². The Kier molecular flexibility index (Phi) is 8.00. The van der Waals surface area contributed by atoms with Gasteiger partial charge < -0.3 is 14.8 Å². The molecule has 0 atom stereocenters. The summed E-state index contributed by atoms with van der Waals surface area (Å²) >= 11 is 0. The highest BCUT2D eigenvalue weighted by atomic mass is 16.5. The first-order valence-corrected chi connectivity index (χ1v) is 9.36. The van der Waals surface area contributed by atoms with Crippen LogP contribution in [0, 0.1) is 5.92 Å². The number of amides is 1. The molecule has 0 fully saturated rings. The van der Waals surface area contributed by atoms with E-state index >= 15 is 0 Å². The predicted octanol–water partition coefficient (Wildman–Crippen LogP) is 5.54. The molecule has 0 spiro atoms. The molecule has 0 aliphatic carbocycles. The highest BCUT2D eigenvalue weighted by Crippen LogP contribution is 2.22. The maximum absolute atomic E-state index is 12.6. The van der Waals surface area contributed by atoms with Crippen molar-refractivity contribution in [3.8, 4) is 11.5 Å². The summed E-state index contributed by atoms with van der Waals surface area (Å²) in [5.74, 6) is 1.82. The van der Waals surface area contributed by atoms with Crippen molar-refractivity contribution in [2.75, 3.05) is 18.5 Å². The van der Waals surface area contributed by atoms with E-state index in [2.05, 4.69) is 26.1 Å². The number of anilines is 1. The quantitative estimate of drug-likeness (QED) is 0.569. The zero-order valence-corrected chi connectivity index (χ0v) is 16.0. The number of benzene rings is 2. The number of unbranched alkanes of at least 4 members (excludes halogenated alkanes) is 1. The molecule has 2 rings (SSSR count). The molecule has 0 saturated heterocycles. The molecule has 0 aromatic heterocycles. The van der Waals surface area contributed by atoms with E-state index in [9.17, 15) is 4.79 Å². The summed E-state index contributed by atoms with van der Waals surface area (Å²) in [5, 5.41) is 2.92. The summed E-state index contributed by atoms with van der Waals surface area (Å²) in [6, 6.07) is 14.8. The van der Waals surface area contributed by atoms with Gasteiger partial charge in [-0.3, -0.25) is 4.79 Å². The van der Waals surface area contributed by atoms with Crippen molar-refractivity contribution in [2.24, 2.45) is 5.92 Å². The first-order valence-electron chi connectivity index (χ1n) is 9.36. The van der Waals surface area contributed by atoms with Gasteiger partial charge >= 0.3 is 0 Å². The lowest BCUT2D eigenvalue weighted by molar-refractivity contribution is 0.102. The minimum absolute atomic E-state index is 0.176. The Morgan fingerprint density at radius 1 is 1.00 bits per heavy atom. The standard InChI is InChI=1S/C22H29NO3/c1-4-5-15-25-19-12-10-18(11-13-19)23-22(24)20-8-6-7-9-21(20)26-16-14-17(2)3/h6-13,17H,4-5,14-16H2,1-3H3,(H,23,24). The van der Waals surface area contributed by atoms with E-state index in [1.54, 1.807) is 6.07 Å². The van der Waals surface area contributed by atoms with Gasteiger partial charge in [0.25, 0.3) is 5.91 Å². The van der Waals surface area contributed by atoms with Gasteiger partial charge in [0.1, 0.15) is 11.5 Å². The predicted molar refractivity (Wildman–Crippen MR) is 106 cm³/mol. The molecule has 0 heterocycles. The van der Waals surface area contributed by atoms with Gasteiger partial charge in [-0.25, -0.2) is 0 Å². The number of ether oxygens (including phenoxy) is 2. The average Bonchev–Trinajstić information content (AvgIpc) is 2.63. The number of nitrogens with one attached hydrogen (secondary N) is 1. The third kappa shape index (κ3) is 6.43. The third-order valence-electron chi connectivity index (χ3n) is 3.96. The van der Waals surface area contributed by atoms with Crippen molar-refractivity contribution < 1.29 is 14.3 Å². The maximum Gasteiger partial charge on any atom is 0.259 e. The lowest BCUT2D eigenvalue weighted by atomic mass is 10.1. The first kappa shape index (κ1) is 19.8. The number of rotatable bonds is 10. The van der Waals surface area contributed by atoms with Gasteiger partial charge in [0.2, 0.25) is 0 Å². The molecule has 1 amide bonds. The minimum atomic E-state index is -0.176. The number of hydrogen-bond donors (Lipinski definition) is 1. The molecule has 4 heteroatoms. The molecule has 0 radical (unpaired) electrons. The maximum atomic E-state index is 12.6. The molecule has 2 aromatic carbocycles. The minimum Gasteiger partial charge on any atom is -0.494 e. The molecule has 0 aliphatic heterocycles.